The molecule has 0 saturated carbocycles. The fraction of sp³-hybridized carbons (Fsp3) is 0.381. The van der Waals surface area contributed by atoms with Gasteiger partial charge in [0.25, 0.3) is 5.91 Å². The van der Waals surface area contributed by atoms with E-state index in [-0.39, 0.29) is 16.8 Å². The molecule has 0 spiro atoms. The van der Waals surface area contributed by atoms with Gasteiger partial charge < -0.3 is 9.80 Å². The van der Waals surface area contributed by atoms with Crippen molar-refractivity contribution in [1.29, 1.82) is 0 Å². The molecule has 0 bridgehead atoms. The smallest absolute Gasteiger partial charge is 0.253 e. The molecule has 3 rings (SSSR count). The molecule has 1 saturated heterocycles. The summed E-state index contributed by atoms with van der Waals surface area (Å²) in [5.41, 5.74) is 2.72. The lowest BCUT2D eigenvalue weighted by molar-refractivity contribution is 0.0711. The molecule has 1 aliphatic rings. The Balaban J connectivity index is 1.58. The van der Waals surface area contributed by atoms with Gasteiger partial charge in [-0.2, -0.15) is 0 Å². The average molecular weight is 402 g/mol. The summed E-state index contributed by atoms with van der Waals surface area (Å²) in [7, 11) is 0.378. The van der Waals surface area contributed by atoms with Gasteiger partial charge >= 0.3 is 0 Å². The normalized spacial score (nSPS) is 15.5. The number of hydrogen-bond acceptors (Lipinski definition) is 4. The van der Waals surface area contributed by atoms with Gasteiger partial charge in [0.2, 0.25) is 10.0 Å². The maximum Gasteiger partial charge on any atom is 0.253 e. The third kappa shape index (κ3) is 4.72. The van der Waals surface area contributed by atoms with E-state index in [0.29, 0.717) is 31.5 Å². The van der Waals surface area contributed by atoms with E-state index in [0.717, 1.165) is 11.3 Å². The number of benzene rings is 2. The van der Waals surface area contributed by atoms with E-state index in [1.54, 1.807) is 29.2 Å². The lowest BCUT2D eigenvalue weighted by Gasteiger charge is -2.32. The lowest BCUT2D eigenvalue weighted by atomic mass is 10.0. The molecule has 0 radical (unpaired) electrons. The standard InChI is InChI=1S/C21H27N3O3S/c1-16-4-10-20(11-5-16)28(26,27)22-18-12-14-24(15-13-18)21(25)17-6-8-19(9-7-17)23(2)3/h4-11,18,22H,12-15H2,1-3H3. The number of likely N-dealkylation sites (tertiary alicyclic amines) is 1. The molecule has 0 unspecified atom stereocenters. The Morgan fingerprint density at radius 1 is 1.00 bits per heavy atom. The van der Waals surface area contributed by atoms with Gasteiger partial charge in [-0.05, 0) is 56.2 Å². The molecule has 1 heterocycles. The zero-order chi connectivity index (χ0) is 20.3. The lowest BCUT2D eigenvalue weighted by Crippen LogP contribution is -2.46. The molecule has 0 aliphatic carbocycles. The number of anilines is 1. The Bertz CT molecular complexity index is 914. The number of hydrogen-bond donors (Lipinski definition) is 1. The molecule has 6 nitrogen and oxygen atoms in total. The number of sulfonamides is 1. The quantitative estimate of drug-likeness (QED) is 0.836. The van der Waals surface area contributed by atoms with Crippen LogP contribution in [-0.2, 0) is 10.0 Å². The first-order valence-electron chi connectivity index (χ1n) is 9.42. The fourth-order valence-corrected chi connectivity index (χ4v) is 4.60. The van der Waals surface area contributed by atoms with Crippen molar-refractivity contribution in [3.63, 3.8) is 0 Å². The van der Waals surface area contributed by atoms with Crippen LogP contribution >= 0.6 is 0 Å². The SMILES string of the molecule is Cc1ccc(S(=O)(=O)NC2CCN(C(=O)c3ccc(N(C)C)cc3)CC2)cc1. The molecule has 1 aliphatic heterocycles. The highest BCUT2D eigenvalue weighted by Gasteiger charge is 2.27. The Morgan fingerprint density at radius 2 is 1.57 bits per heavy atom. The van der Waals surface area contributed by atoms with Crippen LogP contribution in [0.4, 0.5) is 5.69 Å². The second-order valence-corrected chi connectivity index (χ2v) is 9.16. The van der Waals surface area contributed by atoms with Gasteiger partial charge in [0, 0.05) is 44.5 Å². The summed E-state index contributed by atoms with van der Waals surface area (Å²) in [5.74, 6) is -0.00912. The van der Waals surface area contributed by atoms with Crippen LogP contribution in [0.5, 0.6) is 0 Å². The van der Waals surface area contributed by atoms with E-state index in [2.05, 4.69) is 4.72 Å². The van der Waals surface area contributed by atoms with Crippen molar-refractivity contribution in [1.82, 2.24) is 9.62 Å². The van der Waals surface area contributed by atoms with E-state index in [9.17, 15) is 13.2 Å². The van der Waals surface area contributed by atoms with E-state index < -0.39 is 10.0 Å². The van der Waals surface area contributed by atoms with Crippen molar-refractivity contribution in [3.05, 3.63) is 59.7 Å². The number of nitrogens with zero attached hydrogens (tertiary/aromatic N) is 2. The van der Waals surface area contributed by atoms with Crippen LogP contribution in [0.2, 0.25) is 0 Å². The van der Waals surface area contributed by atoms with Crippen molar-refractivity contribution in [2.45, 2.75) is 30.7 Å². The van der Waals surface area contributed by atoms with Crippen LogP contribution in [0, 0.1) is 6.92 Å². The molecular weight excluding hydrogens is 374 g/mol. The van der Waals surface area contributed by atoms with Crippen LogP contribution in [0.25, 0.3) is 0 Å². The number of aryl methyl sites for hydroxylation is 1. The molecule has 150 valence electrons. The molecule has 1 amide bonds. The van der Waals surface area contributed by atoms with Crippen molar-refractivity contribution >= 4 is 21.6 Å². The van der Waals surface area contributed by atoms with Crippen LogP contribution in [0.3, 0.4) is 0 Å². The second kappa shape index (κ2) is 8.32. The predicted molar refractivity (Wildman–Crippen MR) is 111 cm³/mol. The Kier molecular flexibility index (Phi) is 6.05. The fourth-order valence-electron chi connectivity index (χ4n) is 3.29. The summed E-state index contributed by atoms with van der Waals surface area (Å²) in [6, 6.07) is 14.2. The van der Waals surface area contributed by atoms with Crippen LogP contribution in [-0.4, -0.2) is 52.5 Å². The van der Waals surface area contributed by atoms with Crippen molar-refractivity contribution in [2.24, 2.45) is 0 Å². The first-order chi connectivity index (χ1) is 13.3. The first-order valence-corrected chi connectivity index (χ1v) is 10.9. The summed E-state index contributed by atoms with van der Waals surface area (Å²) < 4.78 is 27.9. The van der Waals surface area contributed by atoms with Gasteiger partial charge in [0.15, 0.2) is 0 Å². The van der Waals surface area contributed by atoms with Crippen molar-refractivity contribution < 1.29 is 13.2 Å². The monoisotopic (exact) mass is 401 g/mol. The first kappa shape index (κ1) is 20.4. The zero-order valence-corrected chi connectivity index (χ0v) is 17.4. The minimum atomic E-state index is -3.54. The van der Waals surface area contributed by atoms with Crippen LogP contribution in [0.1, 0.15) is 28.8 Å². The van der Waals surface area contributed by atoms with E-state index in [1.807, 2.05) is 50.2 Å². The number of nitrogens with one attached hydrogen (secondary N) is 1. The highest BCUT2D eigenvalue weighted by Crippen LogP contribution is 2.19. The molecule has 0 aromatic heterocycles. The van der Waals surface area contributed by atoms with Crippen LogP contribution < -0.4 is 9.62 Å². The van der Waals surface area contributed by atoms with Gasteiger partial charge in [0.1, 0.15) is 0 Å². The van der Waals surface area contributed by atoms with Crippen LogP contribution in [0.15, 0.2) is 53.4 Å². The Labute approximate surface area is 167 Å². The summed E-state index contributed by atoms with van der Waals surface area (Å²) in [5, 5.41) is 0. The van der Waals surface area contributed by atoms with Crippen molar-refractivity contribution in [3.8, 4) is 0 Å². The van der Waals surface area contributed by atoms with Gasteiger partial charge in [-0.1, -0.05) is 17.7 Å². The third-order valence-corrected chi connectivity index (χ3v) is 6.60. The van der Waals surface area contributed by atoms with Gasteiger partial charge in [-0.15, -0.1) is 0 Å². The summed E-state index contributed by atoms with van der Waals surface area (Å²) in [6.45, 7) is 3.00. The third-order valence-electron chi connectivity index (χ3n) is 5.07. The topological polar surface area (TPSA) is 69.7 Å². The molecule has 2 aromatic rings. The van der Waals surface area contributed by atoms with Crippen molar-refractivity contribution in [2.75, 3.05) is 32.1 Å². The molecule has 0 atom stereocenters. The molecule has 1 N–H and O–H groups in total. The van der Waals surface area contributed by atoms with E-state index in [4.69, 9.17) is 0 Å². The van der Waals surface area contributed by atoms with Gasteiger partial charge in [-0.25, -0.2) is 13.1 Å². The Hall–Kier alpha value is -2.38. The largest absolute Gasteiger partial charge is 0.378 e. The summed E-state index contributed by atoms with van der Waals surface area (Å²) in [6.07, 6.45) is 1.21. The number of carbonyl (C=O) groups excluding carboxylic acids is 1. The zero-order valence-electron chi connectivity index (χ0n) is 16.6. The molecule has 2 aromatic carbocycles. The average Bonchev–Trinajstić information content (AvgIpc) is 2.68. The summed E-state index contributed by atoms with van der Waals surface area (Å²) in [4.78, 5) is 16.8. The maximum atomic E-state index is 12.7. The minimum absolute atomic E-state index is 0.00912. The minimum Gasteiger partial charge on any atom is -0.378 e. The molecule has 7 heteroatoms. The van der Waals surface area contributed by atoms with E-state index in [1.165, 1.54) is 0 Å². The molecule has 1 fully saturated rings. The highest BCUT2D eigenvalue weighted by molar-refractivity contribution is 7.89. The van der Waals surface area contributed by atoms with Gasteiger partial charge in [0.05, 0.1) is 4.90 Å². The summed E-state index contributed by atoms with van der Waals surface area (Å²) >= 11 is 0. The maximum absolute atomic E-state index is 12.7. The number of carbonyl (C=O) groups is 1. The number of piperidine rings is 1. The highest BCUT2D eigenvalue weighted by atomic mass is 32.2. The molecular formula is C21H27N3O3S. The predicted octanol–water partition coefficient (Wildman–Crippen LogP) is 2.64. The van der Waals surface area contributed by atoms with Gasteiger partial charge in [-0.3, -0.25) is 4.79 Å². The molecule has 28 heavy (non-hydrogen) atoms. The van der Waals surface area contributed by atoms with E-state index >= 15 is 0 Å². The second-order valence-electron chi connectivity index (χ2n) is 7.44. The Morgan fingerprint density at radius 3 is 2.11 bits per heavy atom. The number of rotatable bonds is 5. The number of amides is 1.